The number of nitrogens with two attached hydrogens (primary N) is 1. The Morgan fingerprint density at radius 2 is 2.13 bits per heavy atom. The van der Waals surface area contributed by atoms with Crippen LogP contribution in [0.25, 0.3) is 0 Å². The number of hydrogen-bond donors (Lipinski definition) is 2. The fraction of sp³-hybridized carbons (Fsp3) is 0.611. The van der Waals surface area contributed by atoms with Crippen LogP contribution in [-0.4, -0.2) is 36.5 Å². The number of likely N-dealkylation sites (tertiary alicyclic amines) is 1. The van der Waals surface area contributed by atoms with Gasteiger partial charge in [0, 0.05) is 11.7 Å². The summed E-state index contributed by atoms with van der Waals surface area (Å²) in [6.45, 7) is 7.41. The molecule has 0 spiro atoms. The molecule has 1 amide bonds. The van der Waals surface area contributed by atoms with Crippen LogP contribution in [0.2, 0.25) is 0 Å². The lowest BCUT2D eigenvalue weighted by Crippen LogP contribution is -2.52. The van der Waals surface area contributed by atoms with Gasteiger partial charge in [-0.05, 0) is 50.4 Å². The normalized spacial score (nSPS) is 20.3. The zero-order chi connectivity index (χ0) is 17.0. The molecule has 2 rings (SSSR count). The molecule has 0 bridgehead atoms. The van der Waals surface area contributed by atoms with Crippen molar-refractivity contribution in [1.82, 2.24) is 4.90 Å². The topological polar surface area (TPSA) is 67.6 Å². The van der Waals surface area contributed by atoms with Gasteiger partial charge in [0.2, 0.25) is 5.91 Å². The van der Waals surface area contributed by atoms with Crippen LogP contribution in [0.3, 0.4) is 0 Å². The maximum absolute atomic E-state index is 12.8. The van der Waals surface area contributed by atoms with Gasteiger partial charge >= 0.3 is 0 Å². The monoisotopic (exact) mass is 319 g/mol. The molecular formula is C18H29N3O2. The number of amides is 1. The van der Waals surface area contributed by atoms with Crippen LogP contribution >= 0.6 is 0 Å². The van der Waals surface area contributed by atoms with E-state index < -0.39 is 0 Å². The second-order valence-corrected chi connectivity index (χ2v) is 6.72. The highest BCUT2D eigenvalue weighted by atomic mass is 16.5. The van der Waals surface area contributed by atoms with Crippen molar-refractivity contribution in [2.45, 2.75) is 52.1 Å². The third kappa shape index (κ3) is 4.16. The molecule has 5 heteroatoms. The van der Waals surface area contributed by atoms with E-state index in [-0.39, 0.29) is 17.9 Å². The number of nitrogens with zero attached hydrogens (tertiary/aromatic N) is 1. The van der Waals surface area contributed by atoms with Crippen LogP contribution < -0.4 is 15.8 Å². The Kier molecular flexibility index (Phi) is 5.88. The third-order valence-electron chi connectivity index (χ3n) is 4.61. The molecule has 1 aliphatic rings. The smallest absolute Gasteiger partial charge is 0.242 e. The maximum Gasteiger partial charge on any atom is 0.242 e. The average Bonchev–Trinajstić information content (AvgIpc) is 2.49. The molecule has 1 heterocycles. The molecule has 0 aromatic heterocycles. The Bertz CT molecular complexity index is 545. The summed E-state index contributed by atoms with van der Waals surface area (Å²) in [5.41, 5.74) is 7.16. The van der Waals surface area contributed by atoms with Crippen LogP contribution in [0, 0.1) is 5.92 Å². The van der Waals surface area contributed by atoms with Crippen molar-refractivity contribution in [3.8, 4) is 5.75 Å². The molecular weight excluding hydrogens is 290 g/mol. The second-order valence-electron chi connectivity index (χ2n) is 6.72. The zero-order valence-electron chi connectivity index (χ0n) is 14.6. The van der Waals surface area contributed by atoms with E-state index in [1.165, 1.54) is 6.42 Å². The summed E-state index contributed by atoms with van der Waals surface area (Å²) in [5, 5.41) is 3.02. The highest BCUT2D eigenvalue weighted by Crippen LogP contribution is 2.27. The van der Waals surface area contributed by atoms with Gasteiger partial charge in [0.25, 0.3) is 0 Å². The SMILES string of the molecule is COc1ccc(NC(=O)C(C(C)C)N2CCCCC2C)cc1N. The van der Waals surface area contributed by atoms with Gasteiger partial charge < -0.3 is 15.8 Å². The molecule has 1 aromatic carbocycles. The van der Waals surface area contributed by atoms with Gasteiger partial charge in [-0.15, -0.1) is 0 Å². The molecule has 1 fully saturated rings. The quantitative estimate of drug-likeness (QED) is 0.818. The molecule has 1 aromatic rings. The van der Waals surface area contributed by atoms with Crippen LogP contribution in [0.4, 0.5) is 11.4 Å². The first-order valence-corrected chi connectivity index (χ1v) is 8.44. The van der Waals surface area contributed by atoms with Crippen molar-refractivity contribution in [3.63, 3.8) is 0 Å². The summed E-state index contributed by atoms with van der Waals surface area (Å²) in [6, 6.07) is 5.67. The van der Waals surface area contributed by atoms with Gasteiger partial charge in [0.15, 0.2) is 0 Å². The summed E-state index contributed by atoms with van der Waals surface area (Å²) in [5.74, 6) is 0.914. The van der Waals surface area contributed by atoms with E-state index in [1.54, 1.807) is 19.2 Å². The summed E-state index contributed by atoms with van der Waals surface area (Å²) in [6.07, 6.45) is 3.57. The Balaban J connectivity index is 2.13. The number of piperidine rings is 1. The number of methoxy groups -OCH3 is 1. The molecule has 0 radical (unpaired) electrons. The molecule has 0 saturated carbocycles. The minimum absolute atomic E-state index is 0.0401. The molecule has 5 nitrogen and oxygen atoms in total. The molecule has 2 atom stereocenters. The minimum Gasteiger partial charge on any atom is -0.495 e. The molecule has 23 heavy (non-hydrogen) atoms. The number of carbonyl (C=O) groups excluding carboxylic acids is 1. The number of benzene rings is 1. The first-order chi connectivity index (χ1) is 10.9. The molecule has 2 unspecified atom stereocenters. The maximum atomic E-state index is 12.8. The third-order valence-corrected chi connectivity index (χ3v) is 4.61. The van der Waals surface area contributed by atoms with E-state index in [2.05, 4.69) is 31.0 Å². The van der Waals surface area contributed by atoms with E-state index in [4.69, 9.17) is 10.5 Å². The van der Waals surface area contributed by atoms with Gasteiger partial charge in [-0.3, -0.25) is 9.69 Å². The highest BCUT2D eigenvalue weighted by Gasteiger charge is 2.33. The molecule has 0 aliphatic carbocycles. The van der Waals surface area contributed by atoms with Gasteiger partial charge in [-0.25, -0.2) is 0 Å². The van der Waals surface area contributed by atoms with Crippen molar-refractivity contribution >= 4 is 17.3 Å². The number of hydrogen-bond acceptors (Lipinski definition) is 4. The van der Waals surface area contributed by atoms with Crippen molar-refractivity contribution in [1.29, 1.82) is 0 Å². The predicted molar refractivity (Wildman–Crippen MR) is 94.7 cm³/mol. The molecule has 3 N–H and O–H groups in total. The Hall–Kier alpha value is -1.75. The Labute approximate surface area is 139 Å². The van der Waals surface area contributed by atoms with Crippen LogP contribution in [0.15, 0.2) is 18.2 Å². The van der Waals surface area contributed by atoms with E-state index in [1.807, 2.05) is 6.07 Å². The lowest BCUT2D eigenvalue weighted by atomic mass is 9.94. The first kappa shape index (κ1) is 17.6. The standard InChI is InChI=1S/C18H29N3O2/c1-12(2)17(21-10-6-5-7-13(21)3)18(22)20-14-8-9-16(23-4)15(19)11-14/h8-9,11-13,17H,5-7,10,19H2,1-4H3,(H,20,22). The van der Waals surface area contributed by atoms with Gasteiger partial charge in [-0.1, -0.05) is 20.3 Å². The first-order valence-electron chi connectivity index (χ1n) is 8.44. The van der Waals surface area contributed by atoms with Crippen LogP contribution in [0.1, 0.15) is 40.0 Å². The van der Waals surface area contributed by atoms with Crippen LogP contribution in [0.5, 0.6) is 5.75 Å². The zero-order valence-corrected chi connectivity index (χ0v) is 14.6. The van der Waals surface area contributed by atoms with E-state index >= 15 is 0 Å². The molecule has 1 saturated heterocycles. The van der Waals surface area contributed by atoms with Crippen LogP contribution in [-0.2, 0) is 4.79 Å². The molecule has 128 valence electrons. The lowest BCUT2D eigenvalue weighted by molar-refractivity contribution is -0.124. The van der Waals surface area contributed by atoms with Crippen molar-refractivity contribution < 1.29 is 9.53 Å². The predicted octanol–water partition coefficient (Wildman–Crippen LogP) is 3.11. The number of carbonyl (C=O) groups is 1. The number of ether oxygens (including phenoxy) is 1. The van der Waals surface area contributed by atoms with Gasteiger partial charge in [-0.2, -0.15) is 0 Å². The number of anilines is 2. The Morgan fingerprint density at radius 1 is 1.39 bits per heavy atom. The summed E-state index contributed by atoms with van der Waals surface area (Å²) >= 11 is 0. The van der Waals surface area contributed by atoms with Gasteiger partial charge in [0.1, 0.15) is 5.75 Å². The van der Waals surface area contributed by atoms with Crippen molar-refractivity contribution in [3.05, 3.63) is 18.2 Å². The molecule has 1 aliphatic heterocycles. The van der Waals surface area contributed by atoms with Gasteiger partial charge in [0.05, 0.1) is 18.8 Å². The minimum atomic E-state index is -0.117. The fourth-order valence-corrected chi connectivity index (χ4v) is 3.40. The number of nitrogen functional groups attached to an aromatic ring is 1. The second kappa shape index (κ2) is 7.68. The van der Waals surface area contributed by atoms with E-state index in [9.17, 15) is 4.79 Å². The lowest BCUT2D eigenvalue weighted by Gasteiger charge is -2.40. The largest absolute Gasteiger partial charge is 0.495 e. The fourth-order valence-electron chi connectivity index (χ4n) is 3.40. The highest BCUT2D eigenvalue weighted by molar-refractivity contribution is 5.95. The van der Waals surface area contributed by atoms with E-state index in [0.717, 1.165) is 19.4 Å². The number of rotatable bonds is 5. The van der Waals surface area contributed by atoms with Crippen molar-refractivity contribution in [2.75, 3.05) is 24.7 Å². The summed E-state index contributed by atoms with van der Waals surface area (Å²) in [7, 11) is 1.58. The number of nitrogens with one attached hydrogen (secondary N) is 1. The summed E-state index contributed by atoms with van der Waals surface area (Å²) in [4.78, 5) is 15.2. The summed E-state index contributed by atoms with van der Waals surface area (Å²) < 4.78 is 5.15. The van der Waals surface area contributed by atoms with Crippen molar-refractivity contribution in [2.24, 2.45) is 5.92 Å². The average molecular weight is 319 g/mol. The van der Waals surface area contributed by atoms with E-state index in [0.29, 0.717) is 23.2 Å². The Morgan fingerprint density at radius 3 is 2.70 bits per heavy atom.